The fourth-order valence-electron chi connectivity index (χ4n) is 3.20. The summed E-state index contributed by atoms with van der Waals surface area (Å²) in [7, 11) is 0. The Kier molecular flexibility index (Phi) is 7.50. The predicted molar refractivity (Wildman–Crippen MR) is 127 cm³/mol. The number of nitrogens with zero attached hydrogens (tertiary/aromatic N) is 1. The maximum atomic E-state index is 12.7. The number of benzene rings is 2. The summed E-state index contributed by atoms with van der Waals surface area (Å²) in [6.45, 7) is 6.92. The molecule has 6 nitrogen and oxygen atoms in total. The maximum Gasteiger partial charge on any atom is 0.347 e. The van der Waals surface area contributed by atoms with Crippen molar-refractivity contribution in [3.05, 3.63) is 69.5 Å². The maximum absolute atomic E-state index is 12.7. The van der Waals surface area contributed by atoms with Crippen molar-refractivity contribution in [1.29, 1.82) is 0 Å². The SMILES string of the molecule is CC(C)c1oc(-c2ccc(Cl)cc2Cl)nc1CCC(=O)c1ccc(OC(C)(C)C(=O)O)cc1. The third-order valence-electron chi connectivity index (χ3n) is 5.07. The number of carbonyl (C=O) groups excluding carboxylic acids is 1. The van der Waals surface area contributed by atoms with Crippen LogP contribution in [0.4, 0.5) is 0 Å². The van der Waals surface area contributed by atoms with Gasteiger partial charge in [-0.25, -0.2) is 9.78 Å². The van der Waals surface area contributed by atoms with E-state index in [-0.39, 0.29) is 18.1 Å². The van der Waals surface area contributed by atoms with E-state index in [1.165, 1.54) is 13.8 Å². The molecule has 3 aromatic rings. The summed E-state index contributed by atoms with van der Waals surface area (Å²) in [5.74, 6) is 0.422. The molecule has 1 aromatic heterocycles. The second kappa shape index (κ2) is 9.98. The molecule has 0 atom stereocenters. The molecule has 0 spiro atoms. The average Bonchev–Trinajstić information content (AvgIpc) is 3.16. The number of oxazole rings is 1. The number of aryl methyl sites for hydroxylation is 1. The predicted octanol–water partition coefficient (Wildman–Crippen LogP) is 6.83. The van der Waals surface area contributed by atoms with Crippen LogP contribution in [0.25, 0.3) is 11.5 Å². The Bertz CT molecular complexity index is 1170. The van der Waals surface area contributed by atoms with E-state index >= 15 is 0 Å². The van der Waals surface area contributed by atoms with Gasteiger partial charge in [0.2, 0.25) is 5.89 Å². The van der Waals surface area contributed by atoms with Gasteiger partial charge in [-0.1, -0.05) is 37.0 Å². The molecule has 1 N–H and O–H groups in total. The highest BCUT2D eigenvalue weighted by molar-refractivity contribution is 6.36. The van der Waals surface area contributed by atoms with Gasteiger partial charge in [0.05, 0.1) is 16.3 Å². The van der Waals surface area contributed by atoms with Crippen LogP contribution >= 0.6 is 23.2 Å². The monoisotopic (exact) mass is 489 g/mol. The number of aliphatic carboxylic acids is 1. The molecule has 174 valence electrons. The number of ketones is 1. The number of ether oxygens (including phenoxy) is 1. The van der Waals surface area contributed by atoms with E-state index in [1.54, 1.807) is 42.5 Å². The Morgan fingerprint density at radius 1 is 1.12 bits per heavy atom. The molecule has 3 rings (SSSR count). The summed E-state index contributed by atoms with van der Waals surface area (Å²) in [4.78, 5) is 28.6. The summed E-state index contributed by atoms with van der Waals surface area (Å²) in [6, 6.07) is 11.5. The summed E-state index contributed by atoms with van der Waals surface area (Å²) in [6.07, 6.45) is 0.645. The fraction of sp³-hybridized carbons (Fsp3) is 0.320. The number of carboxylic acids is 1. The zero-order chi connectivity index (χ0) is 24.3. The van der Waals surface area contributed by atoms with Crippen LogP contribution in [-0.4, -0.2) is 27.4 Å². The first-order valence-electron chi connectivity index (χ1n) is 10.5. The minimum absolute atomic E-state index is 0.0668. The van der Waals surface area contributed by atoms with Crippen molar-refractivity contribution in [3.63, 3.8) is 0 Å². The van der Waals surface area contributed by atoms with E-state index in [1.807, 2.05) is 13.8 Å². The Morgan fingerprint density at radius 2 is 1.79 bits per heavy atom. The highest BCUT2D eigenvalue weighted by Crippen LogP contribution is 2.33. The van der Waals surface area contributed by atoms with Gasteiger partial charge in [-0.2, -0.15) is 0 Å². The van der Waals surface area contributed by atoms with Crippen molar-refractivity contribution in [2.45, 2.75) is 52.1 Å². The van der Waals surface area contributed by atoms with E-state index in [4.69, 9.17) is 32.4 Å². The highest BCUT2D eigenvalue weighted by atomic mass is 35.5. The zero-order valence-corrected chi connectivity index (χ0v) is 20.3. The lowest BCUT2D eigenvalue weighted by Gasteiger charge is -2.21. The van der Waals surface area contributed by atoms with Crippen LogP contribution in [0.1, 0.15) is 61.8 Å². The van der Waals surface area contributed by atoms with E-state index in [0.29, 0.717) is 50.7 Å². The van der Waals surface area contributed by atoms with E-state index in [2.05, 4.69) is 4.98 Å². The first-order valence-corrected chi connectivity index (χ1v) is 11.2. The van der Waals surface area contributed by atoms with Crippen molar-refractivity contribution < 1.29 is 23.8 Å². The lowest BCUT2D eigenvalue weighted by molar-refractivity contribution is -0.152. The van der Waals surface area contributed by atoms with Crippen LogP contribution in [0.3, 0.4) is 0 Å². The molecule has 8 heteroatoms. The van der Waals surface area contributed by atoms with Crippen LogP contribution in [0.5, 0.6) is 5.75 Å². The number of rotatable bonds is 9. The second-order valence-corrected chi connectivity index (χ2v) is 9.32. The molecule has 0 aliphatic rings. The third kappa shape index (κ3) is 5.95. The number of hydrogen-bond donors (Lipinski definition) is 1. The van der Waals surface area contributed by atoms with Crippen molar-refractivity contribution in [2.75, 3.05) is 0 Å². The van der Waals surface area contributed by atoms with Gasteiger partial charge in [-0.15, -0.1) is 0 Å². The van der Waals surface area contributed by atoms with Gasteiger partial charge in [0.1, 0.15) is 11.5 Å². The Morgan fingerprint density at radius 3 is 2.36 bits per heavy atom. The van der Waals surface area contributed by atoms with E-state index in [0.717, 1.165) is 0 Å². The van der Waals surface area contributed by atoms with Crippen LogP contribution in [0, 0.1) is 0 Å². The van der Waals surface area contributed by atoms with E-state index < -0.39 is 11.6 Å². The average molecular weight is 490 g/mol. The van der Waals surface area contributed by atoms with Gasteiger partial charge >= 0.3 is 5.97 Å². The van der Waals surface area contributed by atoms with Crippen molar-refractivity contribution in [3.8, 4) is 17.2 Å². The van der Waals surface area contributed by atoms with Crippen LogP contribution < -0.4 is 4.74 Å². The highest BCUT2D eigenvalue weighted by Gasteiger charge is 2.29. The van der Waals surface area contributed by atoms with Gasteiger partial charge in [0.25, 0.3) is 0 Å². The van der Waals surface area contributed by atoms with Crippen molar-refractivity contribution in [1.82, 2.24) is 4.98 Å². The van der Waals surface area contributed by atoms with Gasteiger partial charge in [0.15, 0.2) is 11.4 Å². The Labute approximate surface area is 202 Å². The summed E-state index contributed by atoms with van der Waals surface area (Å²) in [5.41, 5.74) is 0.491. The molecule has 33 heavy (non-hydrogen) atoms. The summed E-state index contributed by atoms with van der Waals surface area (Å²) >= 11 is 12.3. The van der Waals surface area contributed by atoms with Crippen LogP contribution in [0.2, 0.25) is 10.0 Å². The molecule has 0 amide bonds. The minimum atomic E-state index is -1.36. The number of Topliss-reactive ketones (excluding diaryl/α,β-unsaturated/α-hetero) is 1. The number of hydrogen-bond acceptors (Lipinski definition) is 5. The molecule has 0 aliphatic carbocycles. The molecule has 0 fully saturated rings. The smallest absolute Gasteiger partial charge is 0.347 e. The Balaban J connectivity index is 1.73. The third-order valence-corrected chi connectivity index (χ3v) is 5.61. The van der Waals surface area contributed by atoms with Crippen LogP contribution in [0.15, 0.2) is 46.9 Å². The second-order valence-electron chi connectivity index (χ2n) is 8.47. The molecule has 0 aliphatic heterocycles. The molecule has 0 bridgehead atoms. The number of halogens is 2. The first-order chi connectivity index (χ1) is 15.5. The molecule has 0 unspecified atom stereocenters. The lowest BCUT2D eigenvalue weighted by Crippen LogP contribution is -2.37. The number of aromatic nitrogens is 1. The fourth-order valence-corrected chi connectivity index (χ4v) is 3.68. The van der Waals surface area contributed by atoms with Gasteiger partial charge in [0, 0.05) is 29.3 Å². The van der Waals surface area contributed by atoms with Gasteiger partial charge < -0.3 is 14.3 Å². The normalized spacial score (nSPS) is 11.6. The number of carboxylic acid groups (broad SMARTS) is 1. The zero-order valence-electron chi connectivity index (χ0n) is 18.8. The molecular formula is C25H25Cl2NO5. The minimum Gasteiger partial charge on any atom is -0.478 e. The van der Waals surface area contributed by atoms with Gasteiger partial charge in [-0.3, -0.25) is 4.79 Å². The molecule has 0 radical (unpaired) electrons. The Hall–Kier alpha value is -2.83. The molecular weight excluding hydrogens is 465 g/mol. The summed E-state index contributed by atoms with van der Waals surface area (Å²) < 4.78 is 11.5. The van der Waals surface area contributed by atoms with Gasteiger partial charge in [-0.05, 0) is 56.3 Å². The molecule has 1 heterocycles. The number of carbonyl (C=O) groups is 2. The molecule has 0 saturated carbocycles. The quantitative estimate of drug-likeness (QED) is 0.331. The van der Waals surface area contributed by atoms with Crippen molar-refractivity contribution in [2.24, 2.45) is 0 Å². The van der Waals surface area contributed by atoms with Crippen LogP contribution in [-0.2, 0) is 11.2 Å². The van der Waals surface area contributed by atoms with E-state index in [9.17, 15) is 14.7 Å². The summed E-state index contributed by atoms with van der Waals surface area (Å²) in [5, 5.41) is 10.1. The standard InChI is InChI=1S/C25H25Cl2NO5/c1-14(2)22-20(28-23(32-22)18-10-7-16(26)13-19(18)27)11-12-21(29)15-5-8-17(9-6-15)33-25(3,4)24(30)31/h5-10,13-14H,11-12H2,1-4H3,(H,30,31). The molecule has 0 saturated heterocycles. The first kappa shape index (κ1) is 24.8. The van der Waals surface area contributed by atoms with Crippen molar-refractivity contribution >= 4 is 35.0 Å². The largest absolute Gasteiger partial charge is 0.478 e. The topological polar surface area (TPSA) is 89.6 Å². The molecule has 2 aromatic carbocycles. The lowest BCUT2D eigenvalue weighted by atomic mass is 10.0.